The van der Waals surface area contributed by atoms with E-state index in [-0.39, 0.29) is 29.3 Å². The first-order valence-electron chi connectivity index (χ1n) is 12.0. The minimum atomic E-state index is -0.644. The summed E-state index contributed by atoms with van der Waals surface area (Å²) in [5, 5.41) is 18.0. The number of anilines is 2. The Labute approximate surface area is 205 Å². The Balaban J connectivity index is 1.91. The number of hydrogen-bond donors (Lipinski definition) is 2. The largest absolute Gasteiger partial charge is 0.357 e. The molecule has 1 aliphatic carbocycles. The van der Waals surface area contributed by atoms with Crippen LogP contribution in [0.5, 0.6) is 0 Å². The Kier molecular flexibility index (Phi) is 6.65. The van der Waals surface area contributed by atoms with E-state index < -0.39 is 11.0 Å². The first-order chi connectivity index (χ1) is 16.6. The fraction of sp³-hybridized carbons (Fsp3) is 0.407. The molecule has 1 unspecified atom stereocenters. The number of carbonyl (C=O) groups is 2. The molecule has 1 atom stereocenters. The van der Waals surface area contributed by atoms with Gasteiger partial charge in [0.2, 0.25) is 5.91 Å². The number of amides is 1. The van der Waals surface area contributed by atoms with Crippen molar-refractivity contribution in [3.8, 4) is 0 Å². The van der Waals surface area contributed by atoms with Crippen LogP contribution in [0.2, 0.25) is 0 Å². The highest BCUT2D eigenvalue weighted by atomic mass is 16.6. The molecule has 2 N–H and O–H groups in total. The van der Waals surface area contributed by atoms with Crippen LogP contribution < -0.4 is 15.5 Å². The third-order valence-corrected chi connectivity index (χ3v) is 6.42. The van der Waals surface area contributed by atoms with Crippen LogP contribution in [0.3, 0.4) is 0 Å². The quantitative estimate of drug-likeness (QED) is 0.450. The lowest BCUT2D eigenvalue weighted by Gasteiger charge is -2.37. The maximum absolute atomic E-state index is 13.6. The number of nitro groups is 1. The number of non-ortho nitro benzene ring substituents is 1. The number of nitrogens with zero attached hydrogens (tertiary/aromatic N) is 2. The second kappa shape index (κ2) is 9.52. The van der Waals surface area contributed by atoms with E-state index in [0.717, 1.165) is 17.1 Å². The van der Waals surface area contributed by atoms with E-state index in [4.69, 9.17) is 0 Å². The van der Waals surface area contributed by atoms with Crippen LogP contribution in [-0.4, -0.2) is 29.7 Å². The molecule has 0 spiro atoms. The van der Waals surface area contributed by atoms with Gasteiger partial charge in [-0.1, -0.05) is 52.0 Å². The zero-order chi connectivity index (χ0) is 25.3. The van der Waals surface area contributed by atoms with Crippen LogP contribution in [0.25, 0.3) is 0 Å². The number of fused-ring (bicyclic) bond motifs is 1. The Morgan fingerprint density at radius 3 is 2.66 bits per heavy atom. The van der Waals surface area contributed by atoms with Crippen molar-refractivity contribution in [3.05, 3.63) is 75.5 Å². The van der Waals surface area contributed by atoms with Crippen molar-refractivity contribution in [1.82, 2.24) is 5.32 Å². The van der Waals surface area contributed by atoms with Gasteiger partial charge in [0.05, 0.1) is 28.9 Å². The van der Waals surface area contributed by atoms with Gasteiger partial charge >= 0.3 is 0 Å². The summed E-state index contributed by atoms with van der Waals surface area (Å²) in [6.07, 6.45) is 1.02. The van der Waals surface area contributed by atoms with Crippen LogP contribution >= 0.6 is 0 Å². The molecule has 8 nitrogen and oxygen atoms in total. The van der Waals surface area contributed by atoms with E-state index in [1.807, 2.05) is 43.0 Å². The zero-order valence-corrected chi connectivity index (χ0v) is 20.6. The Hall–Kier alpha value is -3.68. The molecule has 0 saturated carbocycles. The van der Waals surface area contributed by atoms with Crippen molar-refractivity contribution >= 4 is 28.8 Å². The second-order valence-electron chi connectivity index (χ2n) is 10.6. The molecule has 0 fully saturated rings. The number of allylic oxidation sites excluding steroid dienone is 1. The maximum Gasteiger partial charge on any atom is 0.269 e. The number of nitrogens with one attached hydrogen (secondary N) is 2. The van der Waals surface area contributed by atoms with E-state index in [9.17, 15) is 19.7 Å². The molecule has 0 aromatic heterocycles. The molecule has 2 aliphatic rings. The molecule has 1 heterocycles. The molecule has 1 aliphatic heterocycles. The number of benzene rings is 2. The molecule has 0 saturated heterocycles. The first-order valence-corrected chi connectivity index (χ1v) is 12.0. The Morgan fingerprint density at radius 2 is 1.94 bits per heavy atom. The summed E-state index contributed by atoms with van der Waals surface area (Å²) in [5.41, 5.74) is 3.27. The van der Waals surface area contributed by atoms with Gasteiger partial charge in [0, 0.05) is 36.4 Å². The lowest BCUT2D eigenvalue weighted by molar-refractivity contribution is -0.384. The van der Waals surface area contributed by atoms with Crippen molar-refractivity contribution in [2.75, 3.05) is 23.3 Å². The Morgan fingerprint density at radius 1 is 1.20 bits per heavy atom. The van der Waals surface area contributed by atoms with Crippen molar-refractivity contribution in [3.63, 3.8) is 0 Å². The van der Waals surface area contributed by atoms with Gasteiger partial charge in [0.25, 0.3) is 5.69 Å². The number of Topliss-reactive ketones (excluding diaryl/α,β-unsaturated/α-hetero) is 1. The van der Waals surface area contributed by atoms with Crippen molar-refractivity contribution in [2.45, 2.75) is 46.6 Å². The molecule has 8 heteroatoms. The van der Waals surface area contributed by atoms with Crippen LogP contribution in [-0.2, 0) is 9.59 Å². The Bertz CT molecular complexity index is 1200. The molecular formula is C27H32N4O4. The van der Waals surface area contributed by atoms with Crippen LogP contribution in [0.4, 0.5) is 17.1 Å². The number of ketones is 1. The average molecular weight is 477 g/mol. The molecule has 35 heavy (non-hydrogen) atoms. The normalized spacial score (nSPS) is 18.9. The summed E-state index contributed by atoms with van der Waals surface area (Å²) in [6, 6.07) is 13.4. The predicted octanol–water partition coefficient (Wildman–Crippen LogP) is 4.98. The summed E-state index contributed by atoms with van der Waals surface area (Å²) in [5.74, 6) is 0.110. The van der Waals surface area contributed by atoms with Gasteiger partial charge in [-0.2, -0.15) is 0 Å². The molecule has 2 aromatic rings. The summed E-state index contributed by atoms with van der Waals surface area (Å²) >= 11 is 0. The zero-order valence-electron chi connectivity index (χ0n) is 20.6. The molecule has 2 aromatic carbocycles. The highest BCUT2D eigenvalue weighted by molar-refractivity contribution is 6.02. The van der Waals surface area contributed by atoms with E-state index in [2.05, 4.69) is 24.5 Å². The lowest BCUT2D eigenvalue weighted by atomic mass is 9.73. The smallest absolute Gasteiger partial charge is 0.269 e. The van der Waals surface area contributed by atoms with Gasteiger partial charge in [0.15, 0.2) is 5.78 Å². The van der Waals surface area contributed by atoms with Gasteiger partial charge in [-0.15, -0.1) is 0 Å². The third-order valence-electron chi connectivity index (χ3n) is 6.42. The fourth-order valence-corrected chi connectivity index (χ4v) is 4.91. The van der Waals surface area contributed by atoms with E-state index in [0.29, 0.717) is 36.4 Å². The van der Waals surface area contributed by atoms with Crippen molar-refractivity contribution in [1.29, 1.82) is 0 Å². The minimum Gasteiger partial charge on any atom is -0.357 e. The SMILES string of the molecule is CC(C)CNC(=O)CN1c2ccccc2NC2=C(C(=O)CC(C)(C)C2)C1c1cccc([N+](=O)[O-])c1. The molecule has 1 amide bonds. The molecule has 0 radical (unpaired) electrons. The number of nitro benzene ring substituents is 1. The van der Waals surface area contributed by atoms with E-state index in [1.54, 1.807) is 12.1 Å². The summed E-state index contributed by atoms with van der Waals surface area (Å²) < 4.78 is 0. The standard InChI is InChI=1S/C27H32N4O4/c1-17(2)15-28-24(33)16-30-22-11-6-5-10-20(22)29-21-13-27(3,4)14-23(32)25(21)26(30)18-8-7-9-19(12-18)31(34)35/h5-12,17,26,29H,13-16H2,1-4H3,(H,28,33). The third kappa shape index (κ3) is 5.21. The van der Waals surface area contributed by atoms with Crippen LogP contribution in [0.1, 0.15) is 52.1 Å². The van der Waals surface area contributed by atoms with Crippen LogP contribution in [0, 0.1) is 21.4 Å². The molecule has 0 bridgehead atoms. The summed E-state index contributed by atoms with van der Waals surface area (Å²) in [4.78, 5) is 39.7. The molecule has 184 valence electrons. The molecule has 4 rings (SSSR count). The number of carbonyl (C=O) groups excluding carboxylic acids is 2. The fourth-order valence-electron chi connectivity index (χ4n) is 4.91. The van der Waals surface area contributed by atoms with Crippen LogP contribution in [0.15, 0.2) is 59.8 Å². The highest BCUT2D eigenvalue weighted by Gasteiger charge is 2.42. The summed E-state index contributed by atoms with van der Waals surface area (Å²) in [6.45, 7) is 8.72. The molecular weight excluding hydrogens is 444 g/mol. The average Bonchev–Trinajstić information content (AvgIpc) is 2.91. The number of hydrogen-bond acceptors (Lipinski definition) is 6. The predicted molar refractivity (Wildman–Crippen MR) is 136 cm³/mol. The lowest BCUT2D eigenvalue weighted by Crippen LogP contribution is -2.42. The topological polar surface area (TPSA) is 105 Å². The number of rotatable bonds is 6. The summed E-state index contributed by atoms with van der Waals surface area (Å²) in [7, 11) is 0. The monoisotopic (exact) mass is 476 g/mol. The van der Waals surface area contributed by atoms with Gasteiger partial charge in [-0.25, -0.2) is 0 Å². The second-order valence-corrected chi connectivity index (χ2v) is 10.6. The van der Waals surface area contributed by atoms with E-state index in [1.165, 1.54) is 12.1 Å². The number of para-hydroxylation sites is 2. The first kappa shape index (κ1) is 24.4. The highest BCUT2D eigenvalue weighted by Crippen LogP contribution is 2.48. The van der Waals surface area contributed by atoms with Gasteiger partial charge in [-0.3, -0.25) is 19.7 Å². The minimum absolute atomic E-state index is 0.00618. The van der Waals surface area contributed by atoms with Crippen molar-refractivity contribution in [2.24, 2.45) is 11.3 Å². The van der Waals surface area contributed by atoms with Gasteiger partial charge < -0.3 is 15.5 Å². The van der Waals surface area contributed by atoms with Gasteiger partial charge in [0.1, 0.15) is 0 Å². The van der Waals surface area contributed by atoms with E-state index >= 15 is 0 Å². The van der Waals surface area contributed by atoms with Crippen molar-refractivity contribution < 1.29 is 14.5 Å². The maximum atomic E-state index is 13.6. The van der Waals surface area contributed by atoms with Gasteiger partial charge in [-0.05, 0) is 35.4 Å².